The summed E-state index contributed by atoms with van der Waals surface area (Å²) in [7, 11) is 1.72. The zero-order valence-corrected chi connectivity index (χ0v) is 13.9. The van der Waals surface area contributed by atoms with Gasteiger partial charge in [0.15, 0.2) is 0 Å². The number of rotatable bonds is 5. The molecule has 0 heterocycles. The Kier molecular flexibility index (Phi) is 4.22. The minimum atomic E-state index is -0.469. The molecule has 0 saturated heterocycles. The maximum Gasteiger partial charge on any atom is 0.302 e. The Morgan fingerprint density at radius 3 is 2.61 bits per heavy atom. The summed E-state index contributed by atoms with van der Waals surface area (Å²) in [6.07, 6.45) is 1.56. The van der Waals surface area contributed by atoms with Crippen LogP contribution in [0.25, 0.3) is 11.1 Å². The first-order valence-corrected chi connectivity index (χ1v) is 7.94. The Morgan fingerprint density at radius 1 is 1.13 bits per heavy atom. The van der Waals surface area contributed by atoms with Crippen molar-refractivity contribution >= 4 is 5.97 Å². The summed E-state index contributed by atoms with van der Waals surface area (Å²) in [6.45, 7) is 3.85. The molecule has 0 N–H and O–H groups in total. The molecule has 1 atom stereocenters. The molecular weight excluding hydrogens is 288 g/mol. The number of carbonyl (C=O) groups is 1. The fourth-order valence-corrected chi connectivity index (χ4v) is 3.39. The second kappa shape index (κ2) is 6.17. The summed E-state index contributed by atoms with van der Waals surface area (Å²) in [5.41, 5.74) is 5.98. The number of fused-ring (bicyclic) bond motifs is 3. The van der Waals surface area contributed by atoms with Crippen LogP contribution in [0.3, 0.4) is 0 Å². The molecule has 0 fully saturated rings. The van der Waals surface area contributed by atoms with Crippen LogP contribution in [0, 0.1) is 0 Å². The third-order valence-electron chi connectivity index (χ3n) is 4.76. The highest BCUT2D eigenvalue weighted by Crippen LogP contribution is 2.42. The van der Waals surface area contributed by atoms with Crippen molar-refractivity contribution in [3.8, 4) is 11.1 Å². The van der Waals surface area contributed by atoms with E-state index in [-0.39, 0.29) is 5.97 Å². The van der Waals surface area contributed by atoms with Crippen molar-refractivity contribution in [1.82, 2.24) is 0 Å². The van der Waals surface area contributed by atoms with E-state index in [9.17, 15) is 4.79 Å². The highest BCUT2D eigenvalue weighted by Gasteiger charge is 2.32. The number of ether oxygens (including phenoxy) is 2. The second-order valence-corrected chi connectivity index (χ2v) is 6.19. The van der Waals surface area contributed by atoms with Gasteiger partial charge in [-0.3, -0.25) is 4.79 Å². The van der Waals surface area contributed by atoms with Gasteiger partial charge in [-0.2, -0.15) is 0 Å². The molecule has 2 aromatic rings. The zero-order valence-electron chi connectivity index (χ0n) is 13.9. The molecule has 0 amide bonds. The molecule has 23 heavy (non-hydrogen) atoms. The zero-order chi connectivity index (χ0) is 16.4. The van der Waals surface area contributed by atoms with Crippen LogP contribution < -0.4 is 0 Å². The molecule has 120 valence electrons. The number of methoxy groups -OCH3 is 1. The average molecular weight is 310 g/mol. The molecule has 3 nitrogen and oxygen atoms in total. The first kappa shape index (κ1) is 15.8. The van der Waals surface area contributed by atoms with Crippen LogP contribution in [0.2, 0.25) is 0 Å². The van der Waals surface area contributed by atoms with Crippen LogP contribution in [0.1, 0.15) is 37.0 Å². The predicted molar refractivity (Wildman–Crippen MR) is 90.3 cm³/mol. The Balaban J connectivity index is 1.96. The second-order valence-electron chi connectivity index (χ2n) is 6.19. The third-order valence-corrected chi connectivity index (χ3v) is 4.76. The quantitative estimate of drug-likeness (QED) is 0.666. The van der Waals surface area contributed by atoms with Gasteiger partial charge in [-0.1, -0.05) is 42.5 Å². The van der Waals surface area contributed by atoms with Crippen molar-refractivity contribution in [3.05, 3.63) is 59.2 Å². The van der Waals surface area contributed by atoms with Crippen LogP contribution in [-0.2, 0) is 26.3 Å². The van der Waals surface area contributed by atoms with Gasteiger partial charge < -0.3 is 9.47 Å². The Hall–Kier alpha value is -2.13. The van der Waals surface area contributed by atoms with E-state index in [1.807, 2.05) is 0 Å². The summed E-state index contributed by atoms with van der Waals surface area (Å²) in [5.74, 6) is -0.255. The largest absolute Gasteiger partial charge is 0.466 e. The molecule has 3 heteroatoms. The molecule has 0 aliphatic heterocycles. The Morgan fingerprint density at radius 2 is 1.87 bits per heavy atom. The monoisotopic (exact) mass is 310 g/mol. The fraction of sp³-hybridized carbons (Fsp3) is 0.350. The van der Waals surface area contributed by atoms with Crippen LogP contribution in [0.5, 0.6) is 0 Å². The molecule has 0 aromatic heterocycles. The molecule has 1 aliphatic carbocycles. The molecule has 0 spiro atoms. The maximum atomic E-state index is 11.0. The fourth-order valence-electron chi connectivity index (χ4n) is 3.39. The summed E-state index contributed by atoms with van der Waals surface area (Å²) in [6, 6.07) is 14.9. The first-order chi connectivity index (χ1) is 11.0. The summed E-state index contributed by atoms with van der Waals surface area (Å²) in [4.78, 5) is 11.0. The summed E-state index contributed by atoms with van der Waals surface area (Å²) < 4.78 is 11.0. The minimum absolute atomic E-state index is 0.255. The first-order valence-electron chi connectivity index (χ1n) is 7.94. The summed E-state index contributed by atoms with van der Waals surface area (Å²) >= 11 is 0. The van der Waals surface area contributed by atoms with E-state index in [2.05, 4.69) is 49.4 Å². The molecule has 0 radical (unpaired) electrons. The van der Waals surface area contributed by atoms with Gasteiger partial charge in [0.2, 0.25) is 0 Å². The van der Waals surface area contributed by atoms with Gasteiger partial charge in [0.25, 0.3) is 0 Å². The van der Waals surface area contributed by atoms with Gasteiger partial charge in [0.1, 0.15) is 0 Å². The van der Waals surface area contributed by atoms with E-state index in [1.165, 1.54) is 34.7 Å². The van der Waals surface area contributed by atoms with Gasteiger partial charge in [-0.25, -0.2) is 0 Å². The smallest absolute Gasteiger partial charge is 0.302 e. The van der Waals surface area contributed by atoms with E-state index >= 15 is 0 Å². The van der Waals surface area contributed by atoms with Crippen molar-refractivity contribution in [2.45, 2.75) is 32.3 Å². The third kappa shape index (κ3) is 2.89. The van der Waals surface area contributed by atoms with Crippen molar-refractivity contribution in [2.24, 2.45) is 0 Å². The van der Waals surface area contributed by atoms with E-state index in [0.29, 0.717) is 13.0 Å². The normalized spacial score (nSPS) is 14.7. The van der Waals surface area contributed by atoms with Crippen molar-refractivity contribution in [2.75, 3.05) is 13.7 Å². The lowest BCUT2D eigenvalue weighted by Crippen LogP contribution is -2.28. The van der Waals surface area contributed by atoms with Crippen molar-refractivity contribution in [3.63, 3.8) is 0 Å². The van der Waals surface area contributed by atoms with Crippen molar-refractivity contribution in [1.29, 1.82) is 0 Å². The highest BCUT2D eigenvalue weighted by atomic mass is 16.5. The number of hydrogen-bond donors (Lipinski definition) is 0. The predicted octanol–water partition coefficient (Wildman–Crippen LogP) is 4.07. The number of carbonyl (C=O) groups excluding carboxylic acids is 1. The number of benzene rings is 2. The minimum Gasteiger partial charge on any atom is -0.466 e. The number of hydrogen-bond acceptors (Lipinski definition) is 3. The summed E-state index contributed by atoms with van der Waals surface area (Å²) in [5, 5.41) is 0. The lowest BCUT2D eigenvalue weighted by atomic mass is 9.86. The van der Waals surface area contributed by atoms with E-state index in [0.717, 1.165) is 6.42 Å². The highest BCUT2D eigenvalue weighted by molar-refractivity contribution is 5.78. The van der Waals surface area contributed by atoms with Crippen LogP contribution >= 0.6 is 0 Å². The molecule has 1 aliphatic rings. The maximum absolute atomic E-state index is 11.0. The molecular formula is C20H22O3. The number of esters is 1. The van der Waals surface area contributed by atoms with Crippen LogP contribution in [0.4, 0.5) is 0 Å². The van der Waals surface area contributed by atoms with Gasteiger partial charge in [0.05, 0.1) is 12.2 Å². The van der Waals surface area contributed by atoms with Gasteiger partial charge in [-0.05, 0) is 41.2 Å². The van der Waals surface area contributed by atoms with Crippen LogP contribution in [0.15, 0.2) is 42.5 Å². The molecule has 1 unspecified atom stereocenters. The van der Waals surface area contributed by atoms with Crippen molar-refractivity contribution < 1.29 is 14.3 Å². The standard InChI is InChI=1S/C20H22O3/c1-14(21)23-12-11-20(2,22-3)19-10-6-9-17-16-8-5-4-7-15(16)13-18(17)19/h4-10H,11-13H2,1-3H3. The SMILES string of the molecule is COC(C)(CCOC(C)=O)c1cccc2c1Cc1ccccc1-2. The molecule has 2 aromatic carbocycles. The molecule has 3 rings (SSSR count). The average Bonchev–Trinajstić information content (AvgIpc) is 2.93. The van der Waals surface area contributed by atoms with E-state index in [4.69, 9.17) is 9.47 Å². The molecule has 0 bridgehead atoms. The van der Waals surface area contributed by atoms with Gasteiger partial charge in [0, 0.05) is 20.5 Å². The topological polar surface area (TPSA) is 35.5 Å². The Bertz CT molecular complexity index is 735. The van der Waals surface area contributed by atoms with E-state index < -0.39 is 5.60 Å². The Labute approximate surface area is 137 Å². The van der Waals surface area contributed by atoms with Gasteiger partial charge in [-0.15, -0.1) is 0 Å². The molecule has 0 saturated carbocycles. The van der Waals surface area contributed by atoms with Gasteiger partial charge >= 0.3 is 5.97 Å². The lowest BCUT2D eigenvalue weighted by molar-refractivity contribution is -0.142. The lowest BCUT2D eigenvalue weighted by Gasteiger charge is -2.30. The van der Waals surface area contributed by atoms with E-state index in [1.54, 1.807) is 7.11 Å². The van der Waals surface area contributed by atoms with Crippen LogP contribution in [-0.4, -0.2) is 19.7 Å².